The number of benzene rings is 1. The lowest BCUT2D eigenvalue weighted by molar-refractivity contribution is -0.118. The summed E-state index contributed by atoms with van der Waals surface area (Å²) in [6.45, 7) is 3.45. The fraction of sp³-hybridized carbons (Fsp3) is 0.273. The zero-order valence-electron chi connectivity index (χ0n) is 9.58. The highest BCUT2D eigenvalue weighted by atomic mass is 32.1. The van der Waals surface area contributed by atoms with E-state index in [0.717, 1.165) is 0 Å². The van der Waals surface area contributed by atoms with Crippen LogP contribution in [0.3, 0.4) is 0 Å². The largest absolute Gasteiger partial charge is 0.376 e. The summed E-state index contributed by atoms with van der Waals surface area (Å²) < 4.78 is 13.4. The van der Waals surface area contributed by atoms with Crippen LogP contribution in [0.5, 0.6) is 0 Å². The van der Waals surface area contributed by atoms with Gasteiger partial charge >= 0.3 is 0 Å². The third kappa shape index (κ3) is 3.99. The van der Waals surface area contributed by atoms with Crippen molar-refractivity contribution in [3.63, 3.8) is 0 Å². The first-order chi connectivity index (χ1) is 7.90. The van der Waals surface area contributed by atoms with Crippen molar-refractivity contribution in [2.24, 2.45) is 11.7 Å². The quantitative estimate of drug-likeness (QED) is 0.723. The fourth-order valence-corrected chi connectivity index (χ4v) is 1.24. The van der Waals surface area contributed by atoms with Gasteiger partial charge in [0.2, 0.25) is 5.91 Å². The Kier molecular flexibility index (Phi) is 4.39. The predicted octanol–water partition coefficient (Wildman–Crippen LogP) is 2.08. The van der Waals surface area contributed by atoms with Crippen LogP contribution in [-0.4, -0.2) is 11.0 Å². The maximum atomic E-state index is 13.4. The monoisotopic (exact) mass is 255 g/mol. The molecule has 0 unspecified atom stereocenters. The molecule has 0 aromatic heterocycles. The number of amides is 1. The second-order valence-corrected chi connectivity index (χ2v) is 4.27. The summed E-state index contributed by atoms with van der Waals surface area (Å²) in [6.07, 6.45) is 0. The molecule has 0 spiro atoms. The lowest BCUT2D eigenvalue weighted by atomic mass is 10.2. The van der Waals surface area contributed by atoms with Crippen LogP contribution >= 0.6 is 12.2 Å². The summed E-state index contributed by atoms with van der Waals surface area (Å²) in [5.74, 6) is -0.981. The van der Waals surface area contributed by atoms with Gasteiger partial charge in [-0.15, -0.1) is 0 Å². The lowest BCUT2D eigenvalue weighted by Gasteiger charge is -2.11. The SMILES string of the molecule is CC(C)C(=O)Nc1cc(NC(N)=S)ccc1F. The predicted molar refractivity (Wildman–Crippen MR) is 70.3 cm³/mol. The number of anilines is 2. The van der Waals surface area contributed by atoms with Gasteiger partial charge < -0.3 is 16.4 Å². The Morgan fingerprint density at radius 1 is 1.41 bits per heavy atom. The molecule has 0 aliphatic carbocycles. The first-order valence-electron chi connectivity index (χ1n) is 5.07. The van der Waals surface area contributed by atoms with Gasteiger partial charge in [0.1, 0.15) is 5.82 Å². The molecule has 0 heterocycles. The van der Waals surface area contributed by atoms with E-state index >= 15 is 0 Å². The Morgan fingerprint density at radius 3 is 2.59 bits per heavy atom. The van der Waals surface area contributed by atoms with Crippen LogP contribution in [0.1, 0.15) is 13.8 Å². The summed E-state index contributed by atoms with van der Waals surface area (Å²) in [5, 5.41) is 5.23. The van der Waals surface area contributed by atoms with E-state index < -0.39 is 5.82 Å². The number of halogens is 1. The Labute approximate surface area is 104 Å². The molecule has 1 aromatic carbocycles. The Bertz CT molecular complexity index is 448. The van der Waals surface area contributed by atoms with Crippen LogP contribution in [0.15, 0.2) is 18.2 Å². The van der Waals surface area contributed by atoms with Gasteiger partial charge in [0, 0.05) is 11.6 Å². The van der Waals surface area contributed by atoms with Gasteiger partial charge in [-0.2, -0.15) is 0 Å². The van der Waals surface area contributed by atoms with Crippen LogP contribution in [0.25, 0.3) is 0 Å². The summed E-state index contributed by atoms with van der Waals surface area (Å²) in [4.78, 5) is 11.4. The van der Waals surface area contributed by atoms with E-state index in [1.54, 1.807) is 13.8 Å². The minimum absolute atomic E-state index is 0.0812. The number of rotatable bonds is 3. The van der Waals surface area contributed by atoms with Crippen molar-refractivity contribution in [3.05, 3.63) is 24.0 Å². The number of carbonyl (C=O) groups excluding carboxylic acids is 1. The summed E-state index contributed by atoms with van der Waals surface area (Å²) in [7, 11) is 0. The van der Waals surface area contributed by atoms with Crippen LogP contribution < -0.4 is 16.4 Å². The van der Waals surface area contributed by atoms with E-state index in [1.165, 1.54) is 18.2 Å². The minimum Gasteiger partial charge on any atom is -0.376 e. The molecule has 0 radical (unpaired) electrons. The first kappa shape index (κ1) is 13.4. The number of nitrogens with two attached hydrogens (primary N) is 1. The molecule has 1 aromatic rings. The maximum Gasteiger partial charge on any atom is 0.227 e. The zero-order valence-corrected chi connectivity index (χ0v) is 10.4. The molecule has 0 saturated carbocycles. The van der Waals surface area contributed by atoms with Crippen molar-refractivity contribution >= 4 is 34.6 Å². The molecule has 0 aliphatic heterocycles. The molecule has 4 N–H and O–H groups in total. The van der Waals surface area contributed by atoms with Crippen molar-refractivity contribution < 1.29 is 9.18 Å². The Balaban J connectivity index is 2.90. The minimum atomic E-state index is -0.507. The Hall–Kier alpha value is -1.69. The molecule has 92 valence electrons. The molecule has 0 bridgehead atoms. The molecule has 6 heteroatoms. The van der Waals surface area contributed by atoms with Gasteiger partial charge in [-0.05, 0) is 30.4 Å². The summed E-state index contributed by atoms with van der Waals surface area (Å²) in [6, 6.07) is 4.16. The molecule has 1 amide bonds. The van der Waals surface area contributed by atoms with Crippen LogP contribution in [0, 0.1) is 11.7 Å². The average Bonchev–Trinajstić information content (AvgIpc) is 2.22. The van der Waals surface area contributed by atoms with Gasteiger partial charge in [-0.3, -0.25) is 4.79 Å². The lowest BCUT2D eigenvalue weighted by Crippen LogP contribution is -2.20. The third-order valence-corrected chi connectivity index (χ3v) is 2.12. The summed E-state index contributed by atoms with van der Waals surface area (Å²) in [5.41, 5.74) is 5.93. The number of hydrogen-bond acceptors (Lipinski definition) is 2. The van der Waals surface area contributed by atoms with E-state index in [4.69, 9.17) is 5.73 Å². The first-order valence-corrected chi connectivity index (χ1v) is 5.48. The molecule has 1 rings (SSSR count). The van der Waals surface area contributed by atoms with Crippen molar-refractivity contribution in [1.29, 1.82) is 0 Å². The van der Waals surface area contributed by atoms with Gasteiger partial charge in [0.05, 0.1) is 5.69 Å². The van der Waals surface area contributed by atoms with E-state index in [-0.39, 0.29) is 22.6 Å². The molecule has 0 aliphatic rings. The fourth-order valence-electron chi connectivity index (χ4n) is 1.12. The van der Waals surface area contributed by atoms with Crippen molar-refractivity contribution in [3.8, 4) is 0 Å². The van der Waals surface area contributed by atoms with Crippen molar-refractivity contribution in [2.45, 2.75) is 13.8 Å². The van der Waals surface area contributed by atoms with Crippen LogP contribution in [-0.2, 0) is 4.79 Å². The number of carbonyl (C=O) groups is 1. The standard InChI is InChI=1S/C11H14FN3OS/c1-6(2)10(16)15-9-5-7(14-11(13)17)3-4-8(9)12/h3-6H,1-2H3,(H,15,16)(H3,13,14,17). The summed E-state index contributed by atoms with van der Waals surface area (Å²) >= 11 is 4.67. The van der Waals surface area contributed by atoms with Crippen LogP contribution in [0.2, 0.25) is 0 Å². The molecule has 0 saturated heterocycles. The average molecular weight is 255 g/mol. The smallest absolute Gasteiger partial charge is 0.227 e. The van der Waals surface area contributed by atoms with Crippen molar-refractivity contribution in [1.82, 2.24) is 0 Å². The van der Waals surface area contributed by atoms with Gasteiger partial charge in [-0.25, -0.2) is 4.39 Å². The van der Waals surface area contributed by atoms with E-state index in [0.29, 0.717) is 5.69 Å². The van der Waals surface area contributed by atoms with Crippen molar-refractivity contribution in [2.75, 3.05) is 10.6 Å². The van der Waals surface area contributed by atoms with Gasteiger partial charge in [-0.1, -0.05) is 13.8 Å². The van der Waals surface area contributed by atoms with Gasteiger partial charge in [0.25, 0.3) is 0 Å². The highest BCUT2D eigenvalue weighted by molar-refractivity contribution is 7.80. The zero-order chi connectivity index (χ0) is 13.0. The van der Waals surface area contributed by atoms with Crippen LogP contribution in [0.4, 0.5) is 15.8 Å². The molecular formula is C11H14FN3OS. The normalized spacial score (nSPS) is 10.1. The second-order valence-electron chi connectivity index (χ2n) is 3.83. The Morgan fingerprint density at radius 2 is 2.06 bits per heavy atom. The van der Waals surface area contributed by atoms with E-state index in [2.05, 4.69) is 22.9 Å². The maximum absolute atomic E-state index is 13.4. The number of thiocarbonyl (C=S) groups is 1. The number of hydrogen-bond donors (Lipinski definition) is 3. The van der Waals surface area contributed by atoms with E-state index in [1.807, 2.05) is 0 Å². The second kappa shape index (κ2) is 5.58. The highest BCUT2D eigenvalue weighted by Crippen LogP contribution is 2.20. The molecular weight excluding hydrogens is 241 g/mol. The molecule has 0 atom stereocenters. The third-order valence-electron chi connectivity index (χ3n) is 2.02. The highest BCUT2D eigenvalue weighted by Gasteiger charge is 2.11. The molecule has 0 fully saturated rings. The number of nitrogens with one attached hydrogen (secondary N) is 2. The molecule has 17 heavy (non-hydrogen) atoms. The van der Waals surface area contributed by atoms with Gasteiger partial charge in [0.15, 0.2) is 5.11 Å². The topological polar surface area (TPSA) is 67.2 Å². The molecule has 4 nitrogen and oxygen atoms in total. The van der Waals surface area contributed by atoms with E-state index in [9.17, 15) is 9.18 Å².